The Labute approximate surface area is 196 Å². The highest BCUT2D eigenvalue weighted by molar-refractivity contribution is 6.30. The molecule has 1 aliphatic heterocycles. The van der Waals surface area contributed by atoms with Gasteiger partial charge in [-0.1, -0.05) is 23.7 Å². The van der Waals surface area contributed by atoms with Crippen LogP contribution in [0.4, 0.5) is 0 Å². The molecule has 0 saturated heterocycles. The van der Waals surface area contributed by atoms with Crippen molar-refractivity contribution < 1.29 is 14.3 Å². The second kappa shape index (κ2) is 8.57. The van der Waals surface area contributed by atoms with Gasteiger partial charge in [-0.15, -0.1) is 0 Å². The van der Waals surface area contributed by atoms with Crippen molar-refractivity contribution in [2.75, 3.05) is 13.7 Å². The Balaban J connectivity index is 1.54. The van der Waals surface area contributed by atoms with E-state index in [9.17, 15) is 4.79 Å². The van der Waals surface area contributed by atoms with Gasteiger partial charge in [0.05, 0.1) is 31.4 Å². The van der Waals surface area contributed by atoms with Crippen LogP contribution in [-0.4, -0.2) is 40.3 Å². The molecule has 7 nitrogen and oxygen atoms in total. The van der Waals surface area contributed by atoms with Gasteiger partial charge < -0.3 is 19.8 Å². The van der Waals surface area contributed by atoms with Crippen molar-refractivity contribution in [1.29, 1.82) is 0 Å². The molecule has 0 amide bonds. The molecule has 8 heteroatoms. The monoisotopic (exact) mass is 464 g/mol. The van der Waals surface area contributed by atoms with Crippen LogP contribution in [0.3, 0.4) is 0 Å². The lowest BCUT2D eigenvalue weighted by Crippen LogP contribution is -2.28. The summed E-state index contributed by atoms with van der Waals surface area (Å²) in [6.07, 6.45) is 4.24. The minimum atomic E-state index is -0.279. The molecule has 2 aromatic heterocycles. The third-order valence-electron chi connectivity index (χ3n) is 6.05. The van der Waals surface area contributed by atoms with Gasteiger partial charge in [-0.3, -0.25) is 4.79 Å². The number of H-pyrrole nitrogens is 1. The highest BCUT2D eigenvalue weighted by Gasteiger charge is 2.29. The van der Waals surface area contributed by atoms with Gasteiger partial charge in [0, 0.05) is 40.3 Å². The predicted octanol–water partition coefficient (Wildman–Crippen LogP) is 4.47. The highest BCUT2D eigenvalue weighted by Crippen LogP contribution is 2.35. The number of nitrogens with two attached hydrogens (primary N) is 1. The first-order valence-electron chi connectivity index (χ1n) is 10.9. The zero-order chi connectivity index (χ0) is 23.1. The fourth-order valence-corrected chi connectivity index (χ4v) is 4.70. The first-order chi connectivity index (χ1) is 15.9. The number of hydrogen-bond donors (Lipinski definition) is 2. The Hall–Kier alpha value is -3.29. The second-order valence-corrected chi connectivity index (χ2v) is 8.99. The van der Waals surface area contributed by atoms with Crippen LogP contribution in [0.1, 0.15) is 22.8 Å². The summed E-state index contributed by atoms with van der Waals surface area (Å²) in [4.78, 5) is 13.6. The zero-order valence-electron chi connectivity index (χ0n) is 18.5. The number of aromatic amines is 1. The summed E-state index contributed by atoms with van der Waals surface area (Å²) in [5, 5.41) is 8.47. The third-order valence-corrected chi connectivity index (χ3v) is 6.29. The number of ether oxygens (including phenoxy) is 2. The van der Waals surface area contributed by atoms with E-state index in [1.807, 2.05) is 43.5 Å². The number of nitrogens with zero attached hydrogens (tertiary/aromatic N) is 2. The van der Waals surface area contributed by atoms with E-state index in [2.05, 4.69) is 14.8 Å². The fourth-order valence-electron chi connectivity index (χ4n) is 4.50. The van der Waals surface area contributed by atoms with Crippen LogP contribution < -0.4 is 15.2 Å². The Morgan fingerprint density at radius 1 is 1.36 bits per heavy atom. The average Bonchev–Trinajstić information content (AvgIpc) is 3.42. The molecule has 1 aliphatic rings. The molecule has 5 rings (SSSR count). The molecule has 2 atom stereocenters. The number of Topliss-reactive ketones (excluding diaryl/α,β-unsaturated/α-hetero) is 1. The van der Waals surface area contributed by atoms with Crippen LogP contribution in [-0.2, 0) is 13.0 Å². The first-order valence-corrected chi connectivity index (χ1v) is 11.2. The van der Waals surface area contributed by atoms with Crippen molar-refractivity contribution in [2.45, 2.75) is 25.9 Å². The summed E-state index contributed by atoms with van der Waals surface area (Å²) in [5.74, 6) is 1.16. The molecule has 33 heavy (non-hydrogen) atoms. The third kappa shape index (κ3) is 3.98. The van der Waals surface area contributed by atoms with Crippen molar-refractivity contribution in [3.63, 3.8) is 0 Å². The molecule has 4 aromatic rings. The number of benzene rings is 2. The molecular formula is C25H25ClN4O3. The lowest BCUT2D eigenvalue weighted by molar-refractivity contribution is 0.0856. The van der Waals surface area contributed by atoms with Crippen LogP contribution in [0.25, 0.3) is 22.0 Å². The molecular weight excluding hydrogens is 440 g/mol. The average molecular weight is 465 g/mol. The minimum absolute atomic E-state index is 0.0580. The number of fused-ring (bicyclic) bond motifs is 2. The van der Waals surface area contributed by atoms with E-state index in [-0.39, 0.29) is 17.7 Å². The van der Waals surface area contributed by atoms with Crippen LogP contribution >= 0.6 is 11.6 Å². The first kappa shape index (κ1) is 21.6. The second-order valence-electron chi connectivity index (χ2n) is 8.55. The van der Waals surface area contributed by atoms with Gasteiger partial charge in [-0.2, -0.15) is 5.10 Å². The number of methoxy groups -OCH3 is 1. The Morgan fingerprint density at radius 2 is 2.21 bits per heavy atom. The van der Waals surface area contributed by atoms with Gasteiger partial charge in [0.1, 0.15) is 5.75 Å². The van der Waals surface area contributed by atoms with Gasteiger partial charge in [-0.05, 0) is 48.7 Å². The summed E-state index contributed by atoms with van der Waals surface area (Å²) in [6, 6.07) is 11.5. The molecule has 3 N–H and O–H groups in total. The summed E-state index contributed by atoms with van der Waals surface area (Å²) in [6.45, 7) is 2.89. The largest absolute Gasteiger partial charge is 0.493 e. The smallest absolute Gasteiger partial charge is 0.216 e. The lowest BCUT2D eigenvalue weighted by atomic mass is 9.89. The number of halogens is 1. The summed E-state index contributed by atoms with van der Waals surface area (Å²) < 4.78 is 13.3. The van der Waals surface area contributed by atoms with E-state index in [1.54, 1.807) is 19.4 Å². The Bertz CT molecular complexity index is 1340. The summed E-state index contributed by atoms with van der Waals surface area (Å²) in [7, 11) is 1.60. The molecule has 1 unspecified atom stereocenters. The Kier molecular flexibility index (Phi) is 5.60. The maximum atomic E-state index is 13.6. The number of aromatic nitrogens is 3. The van der Waals surface area contributed by atoms with E-state index in [4.69, 9.17) is 26.8 Å². The zero-order valence-corrected chi connectivity index (χ0v) is 19.2. The highest BCUT2D eigenvalue weighted by atomic mass is 35.5. The number of rotatable bonds is 6. The summed E-state index contributed by atoms with van der Waals surface area (Å²) >= 11 is 6.16. The molecule has 170 valence electrons. The van der Waals surface area contributed by atoms with E-state index >= 15 is 0 Å². The SMILES string of the molecule is COc1[nH]ncc1-c1ccc2c(C(=O)C3COc4ccc(Cl)cc4C3)cn(C[C@H](C)N)c2c1. The predicted molar refractivity (Wildman–Crippen MR) is 128 cm³/mol. The van der Waals surface area contributed by atoms with Crippen LogP contribution in [0.5, 0.6) is 11.6 Å². The minimum Gasteiger partial charge on any atom is -0.493 e. The van der Waals surface area contributed by atoms with E-state index < -0.39 is 0 Å². The standard InChI is InChI=1S/C25H25ClN4O3/c1-14(27)11-30-12-21(24(31)17-7-16-8-18(26)4-6-23(16)33-13-17)19-5-3-15(9-22(19)30)20-10-28-29-25(20)32-2/h3-6,8-10,12,14,17H,7,11,13,27H2,1-2H3,(H,28,29)/t14-,17?/m0/s1. The molecule has 0 radical (unpaired) electrons. The quantitative estimate of drug-likeness (QED) is 0.410. The van der Waals surface area contributed by atoms with Crippen molar-refractivity contribution in [2.24, 2.45) is 11.7 Å². The van der Waals surface area contributed by atoms with Crippen LogP contribution in [0.15, 0.2) is 48.8 Å². The van der Waals surface area contributed by atoms with Crippen molar-refractivity contribution in [3.05, 3.63) is 64.9 Å². The molecule has 0 saturated carbocycles. The van der Waals surface area contributed by atoms with Crippen LogP contribution in [0.2, 0.25) is 5.02 Å². The summed E-state index contributed by atoms with van der Waals surface area (Å²) in [5.41, 5.74) is 10.5. The van der Waals surface area contributed by atoms with E-state index in [0.717, 1.165) is 33.3 Å². The van der Waals surface area contributed by atoms with E-state index in [0.29, 0.717) is 36.0 Å². The molecule has 0 fully saturated rings. The van der Waals surface area contributed by atoms with Gasteiger partial charge in [-0.25, -0.2) is 5.10 Å². The van der Waals surface area contributed by atoms with Gasteiger partial charge in [0.2, 0.25) is 5.88 Å². The lowest BCUT2D eigenvalue weighted by Gasteiger charge is -2.24. The van der Waals surface area contributed by atoms with E-state index in [1.165, 1.54) is 0 Å². The van der Waals surface area contributed by atoms with Gasteiger partial charge >= 0.3 is 0 Å². The maximum Gasteiger partial charge on any atom is 0.216 e. The molecule has 2 aromatic carbocycles. The molecule has 0 bridgehead atoms. The Morgan fingerprint density at radius 3 is 3.00 bits per heavy atom. The fraction of sp³-hybridized carbons (Fsp3) is 0.280. The van der Waals surface area contributed by atoms with Crippen LogP contribution in [0, 0.1) is 5.92 Å². The van der Waals surface area contributed by atoms with Crippen molar-refractivity contribution in [3.8, 4) is 22.8 Å². The molecule has 3 heterocycles. The van der Waals surface area contributed by atoms with Crippen molar-refractivity contribution in [1.82, 2.24) is 14.8 Å². The maximum absolute atomic E-state index is 13.6. The normalized spacial score (nSPS) is 16.3. The van der Waals surface area contributed by atoms with Crippen molar-refractivity contribution >= 4 is 28.3 Å². The van der Waals surface area contributed by atoms with Gasteiger partial charge in [0.15, 0.2) is 5.78 Å². The molecule has 0 aliphatic carbocycles. The number of hydrogen-bond acceptors (Lipinski definition) is 5. The topological polar surface area (TPSA) is 95.2 Å². The number of ketones is 1. The number of carbonyl (C=O) groups excluding carboxylic acids is 1. The number of nitrogens with one attached hydrogen (secondary N) is 1. The molecule has 0 spiro atoms. The number of carbonyl (C=O) groups is 1. The van der Waals surface area contributed by atoms with Gasteiger partial charge in [0.25, 0.3) is 0 Å².